The van der Waals surface area contributed by atoms with Gasteiger partial charge in [-0.3, -0.25) is 4.79 Å². The predicted molar refractivity (Wildman–Crippen MR) is 66.4 cm³/mol. The number of carbonyl (C=O) groups is 1. The number of nitrogens with one attached hydrogen (secondary N) is 2. The second kappa shape index (κ2) is 3.23. The van der Waals surface area contributed by atoms with Crippen molar-refractivity contribution in [1.82, 2.24) is 5.32 Å². The Hall–Kier alpha value is -1.55. The SMILES string of the molecule is O=C1CN2c3c(cccc3[C@@H]3CNCC[C@H]32)N1. The summed E-state index contributed by atoms with van der Waals surface area (Å²) in [5.74, 6) is 0.667. The van der Waals surface area contributed by atoms with Crippen LogP contribution in [0.1, 0.15) is 17.9 Å². The van der Waals surface area contributed by atoms with Crippen LogP contribution in [0.3, 0.4) is 0 Å². The number of fused-ring (bicyclic) bond motifs is 3. The summed E-state index contributed by atoms with van der Waals surface area (Å²) >= 11 is 0. The van der Waals surface area contributed by atoms with Crippen LogP contribution < -0.4 is 15.5 Å². The molecule has 1 aromatic carbocycles. The van der Waals surface area contributed by atoms with Gasteiger partial charge in [0.2, 0.25) is 5.91 Å². The standard InChI is InChI=1S/C13H15N3O/c17-12-7-16-11-4-5-14-6-9(11)8-2-1-3-10(15-12)13(8)16/h1-3,9,11,14H,4-7H2,(H,15,17)/t9-,11+/m0/s1. The van der Waals surface area contributed by atoms with Gasteiger partial charge in [0, 0.05) is 18.5 Å². The normalized spacial score (nSPS) is 29.6. The second-order valence-corrected chi connectivity index (χ2v) is 5.09. The lowest BCUT2D eigenvalue weighted by atomic mass is 9.90. The molecular formula is C13H15N3O. The fourth-order valence-corrected chi connectivity index (χ4v) is 3.52. The van der Waals surface area contributed by atoms with E-state index in [1.165, 1.54) is 11.3 Å². The molecule has 1 amide bonds. The lowest BCUT2D eigenvalue weighted by Gasteiger charge is -2.35. The van der Waals surface area contributed by atoms with Crippen molar-refractivity contribution in [3.63, 3.8) is 0 Å². The number of benzene rings is 1. The fraction of sp³-hybridized carbons (Fsp3) is 0.462. The molecule has 0 aromatic heterocycles. The molecule has 3 aliphatic rings. The molecule has 0 bridgehead atoms. The fourth-order valence-electron chi connectivity index (χ4n) is 3.52. The topological polar surface area (TPSA) is 44.4 Å². The number of carbonyl (C=O) groups excluding carboxylic acids is 1. The maximum absolute atomic E-state index is 11.7. The summed E-state index contributed by atoms with van der Waals surface area (Å²) in [7, 11) is 0. The van der Waals surface area contributed by atoms with Crippen LogP contribution >= 0.6 is 0 Å². The number of amides is 1. The number of rotatable bonds is 0. The van der Waals surface area contributed by atoms with Gasteiger partial charge < -0.3 is 15.5 Å². The van der Waals surface area contributed by atoms with Gasteiger partial charge in [0.25, 0.3) is 0 Å². The molecule has 0 saturated carbocycles. The number of hydrogen-bond acceptors (Lipinski definition) is 3. The van der Waals surface area contributed by atoms with Crippen molar-refractivity contribution in [2.75, 3.05) is 29.9 Å². The Labute approximate surface area is 100.0 Å². The summed E-state index contributed by atoms with van der Waals surface area (Å²) in [6.45, 7) is 2.61. The smallest absolute Gasteiger partial charge is 0.243 e. The average molecular weight is 229 g/mol. The highest BCUT2D eigenvalue weighted by atomic mass is 16.2. The van der Waals surface area contributed by atoms with Gasteiger partial charge in [-0.05, 0) is 24.6 Å². The van der Waals surface area contributed by atoms with Crippen LogP contribution in [-0.2, 0) is 4.79 Å². The summed E-state index contributed by atoms with van der Waals surface area (Å²) in [6, 6.07) is 6.78. The first kappa shape index (κ1) is 9.48. The van der Waals surface area contributed by atoms with E-state index in [9.17, 15) is 4.79 Å². The van der Waals surface area contributed by atoms with Gasteiger partial charge in [-0.15, -0.1) is 0 Å². The minimum Gasteiger partial charge on any atom is -0.357 e. The third kappa shape index (κ3) is 1.19. The van der Waals surface area contributed by atoms with Crippen molar-refractivity contribution >= 4 is 17.3 Å². The molecule has 1 saturated heterocycles. The van der Waals surface area contributed by atoms with Crippen LogP contribution in [0.15, 0.2) is 18.2 Å². The van der Waals surface area contributed by atoms with Crippen molar-refractivity contribution in [2.24, 2.45) is 0 Å². The van der Waals surface area contributed by atoms with E-state index in [0.29, 0.717) is 18.5 Å². The van der Waals surface area contributed by atoms with E-state index in [1.807, 2.05) is 6.07 Å². The quantitative estimate of drug-likeness (QED) is 0.695. The van der Waals surface area contributed by atoms with E-state index in [4.69, 9.17) is 0 Å². The number of piperidine rings is 1. The summed E-state index contributed by atoms with van der Waals surface area (Å²) in [5, 5.41) is 6.44. The first-order chi connectivity index (χ1) is 8.34. The lowest BCUT2D eigenvalue weighted by Crippen LogP contribution is -2.48. The zero-order chi connectivity index (χ0) is 11.4. The molecule has 2 atom stereocenters. The van der Waals surface area contributed by atoms with Crippen molar-refractivity contribution in [2.45, 2.75) is 18.4 Å². The first-order valence-electron chi connectivity index (χ1n) is 6.25. The lowest BCUT2D eigenvalue weighted by molar-refractivity contribution is -0.115. The van der Waals surface area contributed by atoms with Crippen LogP contribution in [0.5, 0.6) is 0 Å². The van der Waals surface area contributed by atoms with Crippen LogP contribution in [0, 0.1) is 0 Å². The summed E-state index contributed by atoms with van der Waals surface area (Å²) in [4.78, 5) is 14.0. The Morgan fingerprint density at radius 3 is 3.24 bits per heavy atom. The highest BCUT2D eigenvalue weighted by molar-refractivity contribution is 6.03. The van der Waals surface area contributed by atoms with Gasteiger partial charge in [-0.2, -0.15) is 0 Å². The molecule has 17 heavy (non-hydrogen) atoms. The van der Waals surface area contributed by atoms with Crippen LogP contribution in [0.4, 0.5) is 11.4 Å². The Bertz CT molecular complexity index is 499. The van der Waals surface area contributed by atoms with Crippen molar-refractivity contribution in [3.05, 3.63) is 23.8 Å². The molecule has 4 rings (SSSR count). The molecule has 2 N–H and O–H groups in total. The average Bonchev–Trinajstić information content (AvgIpc) is 2.67. The molecule has 0 radical (unpaired) electrons. The molecule has 1 fully saturated rings. The van der Waals surface area contributed by atoms with Crippen LogP contribution in [-0.4, -0.2) is 31.6 Å². The molecule has 0 unspecified atom stereocenters. The maximum atomic E-state index is 11.7. The molecule has 4 nitrogen and oxygen atoms in total. The van der Waals surface area contributed by atoms with Gasteiger partial charge in [0.15, 0.2) is 0 Å². The predicted octanol–water partition coefficient (Wildman–Crippen LogP) is 0.904. The third-order valence-corrected chi connectivity index (χ3v) is 4.19. The van der Waals surface area contributed by atoms with E-state index < -0.39 is 0 Å². The van der Waals surface area contributed by atoms with Gasteiger partial charge >= 0.3 is 0 Å². The molecular weight excluding hydrogens is 214 g/mol. The van der Waals surface area contributed by atoms with E-state index >= 15 is 0 Å². The monoisotopic (exact) mass is 229 g/mol. The van der Waals surface area contributed by atoms with Gasteiger partial charge in [0.1, 0.15) is 0 Å². The zero-order valence-corrected chi connectivity index (χ0v) is 9.57. The van der Waals surface area contributed by atoms with E-state index in [0.717, 1.165) is 25.2 Å². The van der Waals surface area contributed by atoms with Gasteiger partial charge in [-0.1, -0.05) is 12.1 Å². The molecule has 4 heteroatoms. The molecule has 0 spiro atoms. The summed E-state index contributed by atoms with van der Waals surface area (Å²) < 4.78 is 0. The Kier molecular flexibility index (Phi) is 1.80. The van der Waals surface area contributed by atoms with Gasteiger partial charge in [0.05, 0.1) is 17.9 Å². The van der Waals surface area contributed by atoms with E-state index in [1.54, 1.807) is 0 Å². The number of nitrogens with zero attached hydrogens (tertiary/aromatic N) is 1. The molecule has 3 aliphatic heterocycles. The van der Waals surface area contributed by atoms with Crippen molar-refractivity contribution in [3.8, 4) is 0 Å². The maximum Gasteiger partial charge on any atom is 0.243 e. The summed E-state index contributed by atoms with van der Waals surface area (Å²) in [6.07, 6.45) is 1.13. The molecule has 88 valence electrons. The minimum atomic E-state index is 0.119. The number of hydrogen-bond donors (Lipinski definition) is 2. The number of para-hydroxylation sites is 1. The largest absolute Gasteiger partial charge is 0.357 e. The highest BCUT2D eigenvalue weighted by Gasteiger charge is 2.43. The zero-order valence-electron chi connectivity index (χ0n) is 9.57. The Balaban J connectivity index is 1.90. The van der Waals surface area contributed by atoms with Gasteiger partial charge in [-0.25, -0.2) is 0 Å². The first-order valence-corrected chi connectivity index (χ1v) is 6.25. The Morgan fingerprint density at radius 2 is 2.29 bits per heavy atom. The summed E-state index contributed by atoms with van der Waals surface area (Å²) in [5.41, 5.74) is 3.67. The highest BCUT2D eigenvalue weighted by Crippen LogP contribution is 2.48. The van der Waals surface area contributed by atoms with Crippen LogP contribution in [0.25, 0.3) is 0 Å². The minimum absolute atomic E-state index is 0.119. The Morgan fingerprint density at radius 1 is 1.35 bits per heavy atom. The molecule has 1 aromatic rings. The molecule has 0 aliphatic carbocycles. The van der Waals surface area contributed by atoms with Crippen LogP contribution in [0.2, 0.25) is 0 Å². The van der Waals surface area contributed by atoms with E-state index in [-0.39, 0.29) is 5.91 Å². The van der Waals surface area contributed by atoms with Crippen molar-refractivity contribution < 1.29 is 4.79 Å². The third-order valence-electron chi connectivity index (χ3n) is 4.19. The van der Waals surface area contributed by atoms with Crippen molar-refractivity contribution in [1.29, 1.82) is 0 Å². The second-order valence-electron chi connectivity index (χ2n) is 5.09. The number of anilines is 2. The van der Waals surface area contributed by atoms with E-state index in [2.05, 4.69) is 27.7 Å². The molecule has 3 heterocycles.